The molecule has 0 saturated heterocycles. The number of benzene rings is 1. The van der Waals surface area contributed by atoms with Crippen LogP contribution in [0.2, 0.25) is 5.15 Å². The van der Waals surface area contributed by atoms with Gasteiger partial charge in [-0.05, 0) is 29.8 Å². The Morgan fingerprint density at radius 2 is 2.11 bits per heavy atom. The molecule has 1 N–H and O–H groups in total. The van der Waals surface area contributed by atoms with E-state index in [9.17, 15) is 18.0 Å². The maximum atomic E-state index is 13.2. The van der Waals surface area contributed by atoms with Crippen molar-refractivity contribution in [3.8, 4) is 0 Å². The molecule has 0 radical (unpaired) electrons. The summed E-state index contributed by atoms with van der Waals surface area (Å²) in [6.45, 7) is 1.22. The number of hydrogen-bond donors (Lipinski definition) is 1. The lowest BCUT2D eigenvalue weighted by Gasteiger charge is -2.15. The van der Waals surface area contributed by atoms with Gasteiger partial charge in [-0.1, -0.05) is 11.6 Å². The maximum Gasteiger partial charge on any atom is 0.416 e. The molecular weight excluding hydrogens is 383 g/mol. The average Bonchev–Trinajstić information content (AvgIpc) is 2.93. The summed E-state index contributed by atoms with van der Waals surface area (Å²) in [4.78, 5) is 17.7. The molecule has 2 heterocycles. The zero-order valence-electron chi connectivity index (χ0n) is 14.4. The van der Waals surface area contributed by atoms with Crippen LogP contribution in [0.25, 0.3) is 0 Å². The summed E-state index contributed by atoms with van der Waals surface area (Å²) in [7, 11) is 1.56. The number of rotatable bonds is 6. The van der Waals surface area contributed by atoms with E-state index in [1.165, 1.54) is 0 Å². The Hall–Kier alpha value is -2.32. The van der Waals surface area contributed by atoms with E-state index >= 15 is 0 Å². The molecule has 1 amide bonds. The molecule has 1 aromatic heterocycles. The first-order valence-corrected chi connectivity index (χ1v) is 8.54. The number of pyridine rings is 1. The molecule has 9 heteroatoms. The van der Waals surface area contributed by atoms with Crippen molar-refractivity contribution >= 4 is 23.2 Å². The Balaban J connectivity index is 1.76. The van der Waals surface area contributed by atoms with E-state index in [-0.39, 0.29) is 23.2 Å². The Morgan fingerprint density at radius 3 is 2.81 bits per heavy atom. The highest BCUT2D eigenvalue weighted by Crippen LogP contribution is 2.34. The molecule has 3 rings (SSSR count). The normalized spacial score (nSPS) is 13.8. The molecule has 144 valence electrons. The molecule has 1 aliphatic rings. The van der Waals surface area contributed by atoms with Crippen LogP contribution in [0.4, 0.5) is 18.9 Å². The second-order valence-electron chi connectivity index (χ2n) is 6.07. The van der Waals surface area contributed by atoms with Crippen molar-refractivity contribution in [3.05, 3.63) is 57.9 Å². The standard InChI is InChI=1S/C18H17ClF3N3O2/c1-27-7-6-25-10-11-8-12(2-3-13(11)17(25)26)24-9-14-15(18(20,21)22)4-5-23-16(14)19/h2-5,8,24H,6-7,9-10H2,1H3. The number of aromatic nitrogens is 1. The fourth-order valence-electron chi connectivity index (χ4n) is 2.96. The van der Waals surface area contributed by atoms with Crippen LogP contribution in [-0.2, 0) is 24.0 Å². The Bertz CT molecular complexity index is 858. The lowest BCUT2D eigenvalue weighted by molar-refractivity contribution is -0.138. The van der Waals surface area contributed by atoms with Crippen LogP contribution in [0, 0.1) is 0 Å². The first kappa shape index (κ1) is 19.4. The lowest BCUT2D eigenvalue weighted by atomic mass is 10.1. The van der Waals surface area contributed by atoms with E-state index in [0.717, 1.165) is 17.8 Å². The summed E-state index contributed by atoms with van der Waals surface area (Å²) >= 11 is 5.87. The molecule has 0 aliphatic carbocycles. The fourth-order valence-corrected chi connectivity index (χ4v) is 3.19. The molecule has 1 aromatic carbocycles. The van der Waals surface area contributed by atoms with Gasteiger partial charge in [0, 0.05) is 49.8 Å². The topological polar surface area (TPSA) is 54.5 Å². The minimum Gasteiger partial charge on any atom is -0.383 e. The number of carbonyl (C=O) groups is 1. The number of fused-ring (bicyclic) bond motifs is 1. The third-order valence-electron chi connectivity index (χ3n) is 4.33. The van der Waals surface area contributed by atoms with Crippen molar-refractivity contribution < 1.29 is 22.7 Å². The van der Waals surface area contributed by atoms with Gasteiger partial charge in [0.05, 0.1) is 12.2 Å². The number of hydrogen-bond acceptors (Lipinski definition) is 4. The largest absolute Gasteiger partial charge is 0.416 e. The van der Waals surface area contributed by atoms with Gasteiger partial charge >= 0.3 is 6.18 Å². The Labute approximate surface area is 159 Å². The van der Waals surface area contributed by atoms with Crippen LogP contribution >= 0.6 is 11.6 Å². The smallest absolute Gasteiger partial charge is 0.383 e. The number of anilines is 1. The maximum absolute atomic E-state index is 13.2. The minimum absolute atomic E-state index is 0.0803. The summed E-state index contributed by atoms with van der Waals surface area (Å²) in [6, 6.07) is 5.99. The van der Waals surface area contributed by atoms with Gasteiger partial charge in [-0.25, -0.2) is 4.98 Å². The molecule has 2 aromatic rings. The van der Waals surface area contributed by atoms with Crippen LogP contribution in [0.5, 0.6) is 0 Å². The second kappa shape index (κ2) is 7.74. The first-order valence-electron chi connectivity index (χ1n) is 8.17. The number of amides is 1. The molecule has 0 spiro atoms. The van der Waals surface area contributed by atoms with Gasteiger partial charge in [0.15, 0.2) is 0 Å². The minimum atomic E-state index is -4.52. The quantitative estimate of drug-likeness (QED) is 0.747. The van der Waals surface area contributed by atoms with Gasteiger partial charge in [-0.15, -0.1) is 0 Å². The first-order chi connectivity index (χ1) is 12.8. The predicted octanol–water partition coefficient (Wildman–Crippen LogP) is 3.97. The van der Waals surface area contributed by atoms with Crippen LogP contribution in [0.3, 0.4) is 0 Å². The summed E-state index contributed by atoms with van der Waals surface area (Å²) in [5, 5.41) is 2.74. The Morgan fingerprint density at radius 1 is 1.33 bits per heavy atom. The number of ether oxygens (including phenoxy) is 1. The SMILES string of the molecule is COCCN1Cc2cc(NCc3c(C(F)(F)F)ccnc3Cl)ccc2C1=O. The molecule has 0 fully saturated rings. The van der Waals surface area contributed by atoms with E-state index in [1.54, 1.807) is 30.2 Å². The molecule has 0 saturated carbocycles. The molecule has 27 heavy (non-hydrogen) atoms. The summed E-state index contributed by atoms with van der Waals surface area (Å²) in [5.74, 6) is -0.0803. The second-order valence-corrected chi connectivity index (χ2v) is 6.43. The van der Waals surface area contributed by atoms with Crippen LogP contribution in [0.15, 0.2) is 30.5 Å². The van der Waals surface area contributed by atoms with Crippen molar-refractivity contribution in [3.63, 3.8) is 0 Å². The fraction of sp³-hybridized carbons (Fsp3) is 0.333. The van der Waals surface area contributed by atoms with Gasteiger partial charge in [-0.2, -0.15) is 13.2 Å². The number of alkyl halides is 3. The van der Waals surface area contributed by atoms with E-state index in [1.807, 2.05) is 0 Å². The van der Waals surface area contributed by atoms with Gasteiger partial charge < -0.3 is 15.0 Å². The summed E-state index contributed by atoms with van der Waals surface area (Å²) in [5.41, 5.74) is 1.06. The van der Waals surface area contributed by atoms with Crippen LogP contribution in [0.1, 0.15) is 27.0 Å². The zero-order valence-corrected chi connectivity index (χ0v) is 15.2. The Kier molecular flexibility index (Phi) is 5.57. The highest BCUT2D eigenvalue weighted by Gasteiger charge is 2.34. The number of carbonyl (C=O) groups excluding carboxylic acids is 1. The molecular formula is C18H17ClF3N3O2. The molecule has 0 unspecified atom stereocenters. The van der Waals surface area contributed by atoms with Crippen LogP contribution in [-0.4, -0.2) is 36.1 Å². The molecule has 5 nitrogen and oxygen atoms in total. The van der Waals surface area contributed by atoms with E-state index < -0.39 is 11.7 Å². The lowest BCUT2D eigenvalue weighted by Crippen LogP contribution is -2.27. The van der Waals surface area contributed by atoms with Gasteiger partial charge in [0.1, 0.15) is 5.15 Å². The van der Waals surface area contributed by atoms with E-state index in [0.29, 0.717) is 30.9 Å². The average molecular weight is 400 g/mol. The highest BCUT2D eigenvalue weighted by molar-refractivity contribution is 6.30. The molecule has 0 atom stereocenters. The zero-order chi connectivity index (χ0) is 19.6. The van der Waals surface area contributed by atoms with Crippen molar-refractivity contribution in [2.75, 3.05) is 25.6 Å². The third kappa shape index (κ3) is 4.17. The van der Waals surface area contributed by atoms with E-state index in [4.69, 9.17) is 16.3 Å². The number of nitrogens with zero attached hydrogens (tertiary/aromatic N) is 2. The van der Waals surface area contributed by atoms with Crippen molar-refractivity contribution in [2.45, 2.75) is 19.3 Å². The summed E-state index contributed by atoms with van der Waals surface area (Å²) < 4.78 is 44.5. The predicted molar refractivity (Wildman–Crippen MR) is 94.6 cm³/mol. The highest BCUT2D eigenvalue weighted by atomic mass is 35.5. The molecule has 1 aliphatic heterocycles. The van der Waals surface area contributed by atoms with Crippen molar-refractivity contribution in [2.24, 2.45) is 0 Å². The summed E-state index contributed by atoms with van der Waals surface area (Å²) in [6.07, 6.45) is -3.49. The molecule has 0 bridgehead atoms. The van der Waals surface area contributed by atoms with Gasteiger partial charge in [-0.3, -0.25) is 4.79 Å². The number of methoxy groups -OCH3 is 1. The van der Waals surface area contributed by atoms with Crippen LogP contribution < -0.4 is 5.32 Å². The van der Waals surface area contributed by atoms with Gasteiger partial charge in [0.25, 0.3) is 5.91 Å². The monoisotopic (exact) mass is 399 g/mol. The number of nitrogens with one attached hydrogen (secondary N) is 1. The number of halogens is 4. The van der Waals surface area contributed by atoms with Crippen molar-refractivity contribution in [1.82, 2.24) is 9.88 Å². The van der Waals surface area contributed by atoms with E-state index in [2.05, 4.69) is 10.3 Å². The van der Waals surface area contributed by atoms with Crippen molar-refractivity contribution in [1.29, 1.82) is 0 Å². The third-order valence-corrected chi connectivity index (χ3v) is 4.65. The van der Waals surface area contributed by atoms with Gasteiger partial charge in [0.2, 0.25) is 0 Å².